The van der Waals surface area contributed by atoms with E-state index in [-0.39, 0.29) is 17.4 Å². The van der Waals surface area contributed by atoms with Crippen molar-refractivity contribution in [2.75, 3.05) is 26.2 Å². The summed E-state index contributed by atoms with van der Waals surface area (Å²) in [6.45, 7) is 13.7. The Balaban J connectivity index is 4.82. The van der Waals surface area contributed by atoms with Gasteiger partial charge in [0.2, 0.25) is 0 Å². The van der Waals surface area contributed by atoms with Gasteiger partial charge in [-0.25, -0.2) is 9.59 Å². The second-order valence-corrected chi connectivity index (χ2v) is 5.98. The van der Waals surface area contributed by atoms with Crippen LogP contribution in [0.1, 0.15) is 48.5 Å². The highest BCUT2D eigenvalue weighted by Crippen LogP contribution is 2.06. The van der Waals surface area contributed by atoms with E-state index in [1.165, 1.54) is 20.8 Å². The zero-order valence-corrected chi connectivity index (χ0v) is 17.4. The number of carbonyl (C=O) groups excluding carboxylic acids is 4. The Morgan fingerprint density at radius 1 is 0.778 bits per heavy atom. The van der Waals surface area contributed by atoms with Crippen molar-refractivity contribution in [1.29, 1.82) is 0 Å². The van der Waals surface area contributed by atoms with Crippen molar-refractivity contribution in [3.05, 3.63) is 11.6 Å². The minimum atomic E-state index is -0.958. The molecule has 2 amide bonds. The molecule has 0 radical (unpaired) electrons. The first kappa shape index (κ1) is 24.6. The van der Waals surface area contributed by atoms with Gasteiger partial charge < -0.3 is 19.3 Å². The van der Waals surface area contributed by atoms with E-state index < -0.39 is 24.1 Å². The van der Waals surface area contributed by atoms with Crippen LogP contribution in [0.2, 0.25) is 0 Å². The molecule has 27 heavy (non-hydrogen) atoms. The first-order chi connectivity index (χ1) is 12.6. The number of hydrogen-bond donors (Lipinski definition) is 0. The number of nitrogens with zero attached hydrogens (tertiary/aromatic N) is 2. The molecule has 8 heteroatoms. The monoisotopic (exact) mass is 384 g/mol. The van der Waals surface area contributed by atoms with Gasteiger partial charge in [0, 0.05) is 37.8 Å². The highest BCUT2D eigenvalue weighted by atomic mass is 16.6. The molecule has 8 nitrogen and oxygen atoms in total. The number of carbonyl (C=O) groups is 4. The predicted molar refractivity (Wildman–Crippen MR) is 101 cm³/mol. The SMILES string of the molecule is CCN(CC)C(=O)[C@@H](C)OC(=O)/C=C(\C)C(=O)O[C@H](C)C(=O)N(CC)CC. The van der Waals surface area contributed by atoms with Gasteiger partial charge in [0.1, 0.15) is 0 Å². The molecule has 0 saturated heterocycles. The molecule has 0 aliphatic carbocycles. The number of rotatable bonds is 10. The van der Waals surface area contributed by atoms with Gasteiger partial charge in [-0.3, -0.25) is 9.59 Å². The van der Waals surface area contributed by atoms with Crippen LogP contribution in [0.15, 0.2) is 11.6 Å². The van der Waals surface area contributed by atoms with Crippen molar-refractivity contribution in [3.8, 4) is 0 Å². The van der Waals surface area contributed by atoms with Gasteiger partial charge in [0.25, 0.3) is 11.8 Å². The zero-order chi connectivity index (χ0) is 21.1. The molecule has 0 aliphatic rings. The maximum Gasteiger partial charge on any atom is 0.334 e. The normalized spacial score (nSPS) is 13.4. The summed E-state index contributed by atoms with van der Waals surface area (Å²) in [6, 6.07) is 0. The highest BCUT2D eigenvalue weighted by molar-refractivity contribution is 5.97. The summed E-state index contributed by atoms with van der Waals surface area (Å²) in [5, 5.41) is 0. The second kappa shape index (κ2) is 12.1. The molecule has 0 saturated carbocycles. The number of likely N-dealkylation sites (N-methyl/N-ethyl adjacent to an activating group) is 2. The van der Waals surface area contributed by atoms with E-state index in [1.807, 2.05) is 27.7 Å². The fourth-order valence-corrected chi connectivity index (χ4v) is 2.38. The van der Waals surface area contributed by atoms with E-state index in [2.05, 4.69) is 0 Å². The molecule has 2 atom stereocenters. The van der Waals surface area contributed by atoms with Crippen molar-refractivity contribution < 1.29 is 28.7 Å². The van der Waals surface area contributed by atoms with E-state index in [4.69, 9.17) is 9.47 Å². The molecule has 0 bridgehead atoms. The molecule has 0 N–H and O–H groups in total. The average Bonchev–Trinajstić information content (AvgIpc) is 2.62. The predicted octanol–water partition coefficient (Wildman–Crippen LogP) is 1.53. The van der Waals surface area contributed by atoms with Gasteiger partial charge in [0.05, 0.1) is 0 Å². The fourth-order valence-electron chi connectivity index (χ4n) is 2.38. The minimum Gasteiger partial charge on any atom is -0.449 e. The lowest BCUT2D eigenvalue weighted by atomic mass is 10.2. The van der Waals surface area contributed by atoms with Crippen molar-refractivity contribution in [3.63, 3.8) is 0 Å². The quantitative estimate of drug-likeness (QED) is 0.419. The second-order valence-electron chi connectivity index (χ2n) is 5.98. The van der Waals surface area contributed by atoms with Crippen LogP contribution in [-0.2, 0) is 28.7 Å². The summed E-state index contributed by atoms with van der Waals surface area (Å²) in [7, 11) is 0. The number of esters is 2. The minimum absolute atomic E-state index is 0.0123. The summed E-state index contributed by atoms with van der Waals surface area (Å²) in [4.78, 5) is 51.3. The van der Waals surface area contributed by atoms with E-state index >= 15 is 0 Å². The molecular formula is C19H32N2O6. The number of hydrogen-bond acceptors (Lipinski definition) is 6. The molecule has 0 aliphatic heterocycles. The van der Waals surface area contributed by atoms with Gasteiger partial charge in [-0.05, 0) is 48.5 Å². The van der Waals surface area contributed by atoms with E-state index in [0.717, 1.165) is 6.08 Å². The Morgan fingerprint density at radius 3 is 1.52 bits per heavy atom. The van der Waals surface area contributed by atoms with Gasteiger partial charge in [-0.2, -0.15) is 0 Å². The Morgan fingerprint density at radius 2 is 1.15 bits per heavy atom. The van der Waals surface area contributed by atoms with Crippen LogP contribution in [-0.4, -0.2) is 71.9 Å². The third kappa shape index (κ3) is 7.80. The zero-order valence-electron chi connectivity index (χ0n) is 17.4. The van der Waals surface area contributed by atoms with Gasteiger partial charge >= 0.3 is 11.9 Å². The molecule has 0 unspecified atom stereocenters. The van der Waals surface area contributed by atoms with Crippen LogP contribution in [0.5, 0.6) is 0 Å². The van der Waals surface area contributed by atoms with Gasteiger partial charge in [-0.1, -0.05) is 0 Å². The summed E-state index contributed by atoms with van der Waals surface area (Å²) < 4.78 is 10.2. The Labute approximate surface area is 161 Å². The van der Waals surface area contributed by atoms with Crippen LogP contribution >= 0.6 is 0 Å². The molecule has 0 aromatic carbocycles. The first-order valence-corrected chi connectivity index (χ1v) is 9.30. The topological polar surface area (TPSA) is 93.2 Å². The van der Waals surface area contributed by atoms with Crippen molar-refractivity contribution >= 4 is 23.8 Å². The maximum atomic E-state index is 12.1. The van der Waals surface area contributed by atoms with Crippen molar-refractivity contribution in [1.82, 2.24) is 9.80 Å². The summed E-state index contributed by atoms with van der Waals surface area (Å²) in [5.41, 5.74) is -0.0123. The lowest BCUT2D eigenvalue weighted by Crippen LogP contribution is -2.40. The van der Waals surface area contributed by atoms with Crippen molar-refractivity contribution in [2.45, 2.75) is 60.7 Å². The van der Waals surface area contributed by atoms with Gasteiger partial charge in [-0.15, -0.1) is 0 Å². The third-order valence-electron chi connectivity index (χ3n) is 4.08. The largest absolute Gasteiger partial charge is 0.449 e. The van der Waals surface area contributed by atoms with E-state index in [9.17, 15) is 19.2 Å². The Hall–Kier alpha value is -2.38. The molecule has 154 valence electrons. The Bertz CT molecular complexity index is 565. The number of ether oxygens (including phenoxy) is 2. The van der Waals surface area contributed by atoms with Crippen LogP contribution in [0.3, 0.4) is 0 Å². The fraction of sp³-hybridized carbons (Fsp3) is 0.684. The van der Waals surface area contributed by atoms with Crippen LogP contribution in [0, 0.1) is 0 Å². The van der Waals surface area contributed by atoms with Crippen LogP contribution in [0.25, 0.3) is 0 Å². The van der Waals surface area contributed by atoms with Crippen molar-refractivity contribution in [2.24, 2.45) is 0 Å². The van der Waals surface area contributed by atoms with E-state index in [1.54, 1.807) is 9.80 Å². The summed E-state index contributed by atoms with van der Waals surface area (Å²) in [6.07, 6.45) is -0.955. The maximum absolute atomic E-state index is 12.1. The standard InChI is InChI=1S/C19H32N2O6/c1-8-20(9-2)17(23)14(6)26-16(22)12-13(5)19(25)27-15(7)18(24)21(10-3)11-4/h12,14-15H,8-11H2,1-7H3/b13-12+/t14-,15-/m1/s1. The molecule has 0 rings (SSSR count). The summed E-state index contributed by atoms with van der Waals surface area (Å²) in [5.74, 6) is -2.22. The molecule has 0 aromatic rings. The first-order valence-electron chi connectivity index (χ1n) is 9.30. The third-order valence-corrected chi connectivity index (χ3v) is 4.08. The van der Waals surface area contributed by atoms with Crippen LogP contribution in [0.4, 0.5) is 0 Å². The number of amides is 2. The lowest BCUT2D eigenvalue weighted by molar-refractivity contribution is -0.156. The highest BCUT2D eigenvalue weighted by Gasteiger charge is 2.24. The molecular weight excluding hydrogens is 352 g/mol. The Kier molecular flexibility index (Phi) is 11.0. The molecule has 0 heterocycles. The molecule has 0 fully saturated rings. The molecule has 0 spiro atoms. The van der Waals surface area contributed by atoms with Gasteiger partial charge in [0.15, 0.2) is 12.2 Å². The van der Waals surface area contributed by atoms with E-state index in [0.29, 0.717) is 26.2 Å². The molecule has 0 aromatic heterocycles. The van der Waals surface area contributed by atoms with Crippen LogP contribution < -0.4 is 0 Å². The summed E-state index contributed by atoms with van der Waals surface area (Å²) >= 11 is 0. The average molecular weight is 384 g/mol. The lowest BCUT2D eigenvalue weighted by Gasteiger charge is -2.23. The smallest absolute Gasteiger partial charge is 0.334 e.